The van der Waals surface area contributed by atoms with Crippen LogP contribution in [0, 0.1) is 0 Å². The molecule has 0 saturated heterocycles. The molecular weight excluding hydrogens is 272 g/mol. The van der Waals surface area contributed by atoms with Crippen molar-refractivity contribution >= 4 is 0 Å². The fourth-order valence-electron chi connectivity index (χ4n) is 2.65. The highest BCUT2D eigenvalue weighted by atomic mass is 16.5. The predicted octanol–water partition coefficient (Wildman–Crippen LogP) is 5.87. The third-order valence-corrected chi connectivity index (χ3v) is 4.12. The third kappa shape index (κ3) is 9.83. The molecule has 1 N–H and O–H groups in total. The van der Waals surface area contributed by atoms with E-state index >= 15 is 0 Å². The number of hydrogen-bond acceptors (Lipinski definition) is 2. The molecule has 0 saturated carbocycles. The minimum Gasteiger partial charge on any atom is -0.494 e. The lowest BCUT2D eigenvalue weighted by molar-refractivity contribution is 0.281. The molecule has 22 heavy (non-hydrogen) atoms. The summed E-state index contributed by atoms with van der Waals surface area (Å²) in [6, 6.07) is 7.69. The molecule has 0 fully saturated rings. The van der Waals surface area contributed by atoms with E-state index in [1.807, 2.05) is 24.3 Å². The molecule has 1 rings (SSSR count). The van der Waals surface area contributed by atoms with Crippen LogP contribution in [0.3, 0.4) is 0 Å². The summed E-state index contributed by atoms with van der Waals surface area (Å²) in [4.78, 5) is 0. The lowest BCUT2D eigenvalue weighted by atomic mass is 10.1. The Balaban J connectivity index is 1.85. The molecule has 0 aliphatic heterocycles. The fourth-order valence-corrected chi connectivity index (χ4v) is 2.65. The van der Waals surface area contributed by atoms with Crippen LogP contribution in [0.4, 0.5) is 0 Å². The van der Waals surface area contributed by atoms with Crippen molar-refractivity contribution in [2.75, 3.05) is 6.61 Å². The molecule has 0 atom stereocenters. The molecule has 1 aromatic carbocycles. The van der Waals surface area contributed by atoms with Gasteiger partial charge in [0.05, 0.1) is 13.2 Å². The van der Waals surface area contributed by atoms with E-state index in [2.05, 4.69) is 6.92 Å². The first-order chi connectivity index (χ1) is 10.9. The lowest BCUT2D eigenvalue weighted by Gasteiger charge is -2.07. The van der Waals surface area contributed by atoms with E-state index in [4.69, 9.17) is 9.84 Å². The van der Waals surface area contributed by atoms with E-state index in [1.165, 1.54) is 64.2 Å². The van der Waals surface area contributed by atoms with Crippen LogP contribution in [0.5, 0.6) is 5.75 Å². The van der Waals surface area contributed by atoms with E-state index in [0.29, 0.717) is 0 Å². The van der Waals surface area contributed by atoms with Gasteiger partial charge in [-0.15, -0.1) is 0 Å². The maximum absolute atomic E-state index is 8.98. The highest BCUT2D eigenvalue weighted by Gasteiger charge is 1.96. The van der Waals surface area contributed by atoms with Crippen molar-refractivity contribution in [3.05, 3.63) is 29.8 Å². The number of ether oxygens (including phenoxy) is 1. The van der Waals surface area contributed by atoms with Gasteiger partial charge in [-0.3, -0.25) is 0 Å². The zero-order valence-corrected chi connectivity index (χ0v) is 14.4. The molecule has 2 nitrogen and oxygen atoms in total. The van der Waals surface area contributed by atoms with Gasteiger partial charge in [-0.1, -0.05) is 83.3 Å². The summed E-state index contributed by atoms with van der Waals surface area (Å²) in [5, 5.41) is 8.98. The summed E-state index contributed by atoms with van der Waals surface area (Å²) in [7, 11) is 0. The van der Waals surface area contributed by atoms with Gasteiger partial charge in [0.25, 0.3) is 0 Å². The van der Waals surface area contributed by atoms with Crippen molar-refractivity contribution in [2.24, 2.45) is 0 Å². The first kappa shape index (κ1) is 19.0. The van der Waals surface area contributed by atoms with Gasteiger partial charge in [0.1, 0.15) is 5.75 Å². The molecule has 0 unspecified atom stereocenters. The average molecular weight is 306 g/mol. The van der Waals surface area contributed by atoms with E-state index in [9.17, 15) is 0 Å². The summed E-state index contributed by atoms with van der Waals surface area (Å²) < 4.78 is 5.71. The fraction of sp³-hybridized carbons (Fsp3) is 0.700. The summed E-state index contributed by atoms with van der Waals surface area (Å²) in [5.41, 5.74) is 0.932. The van der Waals surface area contributed by atoms with Gasteiger partial charge >= 0.3 is 0 Å². The van der Waals surface area contributed by atoms with Crippen molar-refractivity contribution in [1.29, 1.82) is 0 Å². The molecule has 0 heterocycles. The zero-order chi connectivity index (χ0) is 15.9. The average Bonchev–Trinajstić information content (AvgIpc) is 2.56. The summed E-state index contributed by atoms with van der Waals surface area (Å²) in [5.74, 6) is 0.907. The Hall–Kier alpha value is -1.02. The monoisotopic (exact) mass is 306 g/mol. The van der Waals surface area contributed by atoms with Crippen molar-refractivity contribution in [3.8, 4) is 5.75 Å². The molecular formula is C20H34O2. The van der Waals surface area contributed by atoms with Gasteiger partial charge in [-0.05, 0) is 24.1 Å². The van der Waals surface area contributed by atoms with Crippen LogP contribution in [0.2, 0.25) is 0 Å². The first-order valence-electron chi connectivity index (χ1n) is 9.19. The van der Waals surface area contributed by atoms with Gasteiger partial charge in [0.2, 0.25) is 0 Å². The van der Waals surface area contributed by atoms with E-state index in [-0.39, 0.29) is 6.61 Å². The van der Waals surface area contributed by atoms with Gasteiger partial charge in [-0.2, -0.15) is 0 Å². The van der Waals surface area contributed by atoms with Crippen LogP contribution in [-0.2, 0) is 6.61 Å². The normalized spacial score (nSPS) is 10.8. The summed E-state index contributed by atoms with van der Waals surface area (Å²) in [6.45, 7) is 3.17. The van der Waals surface area contributed by atoms with Crippen molar-refractivity contribution < 1.29 is 9.84 Å². The van der Waals surface area contributed by atoms with Crippen LogP contribution in [0.25, 0.3) is 0 Å². The zero-order valence-electron chi connectivity index (χ0n) is 14.4. The second-order valence-electron chi connectivity index (χ2n) is 6.19. The molecule has 0 bridgehead atoms. The number of hydrogen-bond donors (Lipinski definition) is 1. The maximum atomic E-state index is 8.98. The minimum atomic E-state index is 0.0961. The highest BCUT2D eigenvalue weighted by molar-refractivity contribution is 5.26. The Morgan fingerprint density at radius 3 is 1.73 bits per heavy atom. The molecule has 0 spiro atoms. The van der Waals surface area contributed by atoms with Crippen LogP contribution in [-0.4, -0.2) is 11.7 Å². The van der Waals surface area contributed by atoms with E-state index < -0.39 is 0 Å². The summed E-state index contributed by atoms with van der Waals surface area (Å²) in [6.07, 6.45) is 14.9. The molecule has 0 radical (unpaired) electrons. The van der Waals surface area contributed by atoms with Crippen molar-refractivity contribution in [1.82, 2.24) is 0 Å². The van der Waals surface area contributed by atoms with Crippen LogP contribution in [0.1, 0.15) is 83.1 Å². The second-order valence-corrected chi connectivity index (χ2v) is 6.19. The van der Waals surface area contributed by atoms with Crippen LogP contribution < -0.4 is 4.74 Å². The quantitative estimate of drug-likeness (QED) is 0.436. The smallest absolute Gasteiger partial charge is 0.119 e. The molecule has 126 valence electrons. The highest BCUT2D eigenvalue weighted by Crippen LogP contribution is 2.14. The first-order valence-corrected chi connectivity index (χ1v) is 9.19. The van der Waals surface area contributed by atoms with Gasteiger partial charge in [0, 0.05) is 0 Å². The largest absolute Gasteiger partial charge is 0.494 e. The molecule has 0 amide bonds. The predicted molar refractivity (Wildman–Crippen MR) is 94.3 cm³/mol. The molecule has 2 heteroatoms. The van der Waals surface area contributed by atoms with E-state index in [1.54, 1.807) is 0 Å². The Morgan fingerprint density at radius 1 is 0.727 bits per heavy atom. The number of aliphatic hydroxyl groups is 1. The van der Waals surface area contributed by atoms with Crippen molar-refractivity contribution in [3.63, 3.8) is 0 Å². The number of unbranched alkanes of at least 4 members (excludes halogenated alkanes) is 10. The SMILES string of the molecule is CCCCCCCCCCCCCOc1ccc(CO)cc1. The molecule has 0 aliphatic carbocycles. The number of benzene rings is 1. The van der Waals surface area contributed by atoms with Crippen LogP contribution in [0.15, 0.2) is 24.3 Å². The van der Waals surface area contributed by atoms with E-state index in [0.717, 1.165) is 24.3 Å². The number of rotatable bonds is 14. The lowest BCUT2D eigenvalue weighted by Crippen LogP contribution is -1.97. The molecule has 1 aromatic rings. The number of aliphatic hydroxyl groups excluding tert-OH is 1. The maximum Gasteiger partial charge on any atom is 0.119 e. The Kier molecular flexibility index (Phi) is 11.8. The van der Waals surface area contributed by atoms with Crippen molar-refractivity contribution in [2.45, 2.75) is 84.2 Å². The second kappa shape index (κ2) is 13.6. The molecule has 0 aromatic heterocycles. The van der Waals surface area contributed by atoms with Crippen LogP contribution >= 0.6 is 0 Å². The third-order valence-electron chi connectivity index (χ3n) is 4.12. The Morgan fingerprint density at radius 2 is 1.23 bits per heavy atom. The topological polar surface area (TPSA) is 29.5 Å². The summed E-state index contributed by atoms with van der Waals surface area (Å²) >= 11 is 0. The van der Waals surface area contributed by atoms with Gasteiger partial charge in [0.15, 0.2) is 0 Å². The Bertz CT molecular complexity index is 345. The standard InChI is InChI=1S/C20H34O2/c1-2-3-4-5-6-7-8-9-10-11-12-17-22-20-15-13-19(18-21)14-16-20/h13-16,21H,2-12,17-18H2,1H3. The van der Waals surface area contributed by atoms with Gasteiger partial charge < -0.3 is 9.84 Å². The molecule has 0 aliphatic rings. The Labute approximate surface area is 136 Å². The van der Waals surface area contributed by atoms with Gasteiger partial charge in [-0.25, -0.2) is 0 Å². The minimum absolute atomic E-state index is 0.0961.